The van der Waals surface area contributed by atoms with Gasteiger partial charge in [0.2, 0.25) is 0 Å². The SMILES string of the molecule is CCOC(=O)c1c(NC(=O)NS(=O)(=O)c2ccccc2Cl)sc2c1CCCC2. The summed E-state index contributed by atoms with van der Waals surface area (Å²) in [5.41, 5.74) is 1.19. The van der Waals surface area contributed by atoms with Crippen molar-refractivity contribution in [3.63, 3.8) is 0 Å². The number of thiophene rings is 1. The zero-order chi connectivity index (χ0) is 20.3. The van der Waals surface area contributed by atoms with Gasteiger partial charge in [0.1, 0.15) is 9.90 Å². The van der Waals surface area contributed by atoms with Crippen molar-refractivity contribution in [3.05, 3.63) is 45.3 Å². The first-order valence-electron chi connectivity index (χ1n) is 8.73. The van der Waals surface area contributed by atoms with Crippen LogP contribution < -0.4 is 10.0 Å². The fourth-order valence-electron chi connectivity index (χ4n) is 3.04. The van der Waals surface area contributed by atoms with E-state index >= 15 is 0 Å². The number of esters is 1. The van der Waals surface area contributed by atoms with E-state index in [9.17, 15) is 18.0 Å². The smallest absolute Gasteiger partial charge is 0.341 e. The van der Waals surface area contributed by atoms with Gasteiger partial charge in [-0.1, -0.05) is 23.7 Å². The minimum Gasteiger partial charge on any atom is -0.462 e. The van der Waals surface area contributed by atoms with Crippen molar-refractivity contribution in [1.29, 1.82) is 0 Å². The Morgan fingerprint density at radius 2 is 1.93 bits per heavy atom. The van der Waals surface area contributed by atoms with Gasteiger partial charge in [0, 0.05) is 4.88 Å². The predicted octanol–water partition coefficient (Wildman–Crippen LogP) is 3.97. The molecule has 0 aliphatic heterocycles. The maximum atomic E-state index is 12.4. The number of halogens is 1. The van der Waals surface area contributed by atoms with Crippen LogP contribution in [-0.4, -0.2) is 27.0 Å². The third-order valence-electron chi connectivity index (χ3n) is 4.23. The lowest BCUT2D eigenvalue weighted by Gasteiger charge is -2.12. The summed E-state index contributed by atoms with van der Waals surface area (Å²) in [5.74, 6) is -0.522. The minimum absolute atomic E-state index is 0.00148. The van der Waals surface area contributed by atoms with Crippen LogP contribution in [0.25, 0.3) is 0 Å². The molecule has 10 heteroatoms. The molecule has 0 saturated carbocycles. The predicted molar refractivity (Wildman–Crippen MR) is 108 cm³/mol. The van der Waals surface area contributed by atoms with Crippen LogP contribution in [0.15, 0.2) is 29.2 Å². The van der Waals surface area contributed by atoms with E-state index in [-0.39, 0.29) is 21.5 Å². The van der Waals surface area contributed by atoms with Crippen molar-refractivity contribution in [2.24, 2.45) is 0 Å². The molecule has 0 fully saturated rings. The van der Waals surface area contributed by atoms with Crippen molar-refractivity contribution in [2.45, 2.75) is 37.5 Å². The summed E-state index contributed by atoms with van der Waals surface area (Å²) in [4.78, 5) is 25.6. The molecule has 0 radical (unpaired) electrons. The van der Waals surface area contributed by atoms with Crippen LogP contribution in [0.4, 0.5) is 9.80 Å². The Morgan fingerprint density at radius 3 is 2.64 bits per heavy atom. The number of ether oxygens (including phenoxy) is 1. The van der Waals surface area contributed by atoms with Crippen LogP contribution in [-0.2, 0) is 27.6 Å². The number of amides is 2. The molecule has 0 atom stereocenters. The van der Waals surface area contributed by atoms with E-state index in [0.717, 1.165) is 36.1 Å². The fourth-order valence-corrected chi connectivity index (χ4v) is 5.74. The summed E-state index contributed by atoms with van der Waals surface area (Å²) >= 11 is 7.19. The Morgan fingerprint density at radius 1 is 1.21 bits per heavy atom. The van der Waals surface area contributed by atoms with Gasteiger partial charge in [-0.3, -0.25) is 5.32 Å². The summed E-state index contributed by atoms with van der Waals surface area (Å²) < 4.78 is 31.9. The van der Waals surface area contributed by atoms with Gasteiger partial charge in [-0.05, 0) is 50.3 Å². The summed E-state index contributed by atoms with van der Waals surface area (Å²) in [5, 5.41) is 2.79. The number of nitrogens with one attached hydrogen (secondary N) is 2. The molecule has 2 amide bonds. The number of sulfonamides is 1. The molecular weight excluding hydrogens is 424 g/mol. The molecule has 150 valence electrons. The number of hydrogen-bond donors (Lipinski definition) is 2. The zero-order valence-electron chi connectivity index (χ0n) is 15.1. The Labute approximate surface area is 172 Å². The van der Waals surface area contributed by atoms with E-state index in [1.165, 1.54) is 29.5 Å². The van der Waals surface area contributed by atoms with Gasteiger partial charge in [0.25, 0.3) is 10.0 Å². The highest BCUT2D eigenvalue weighted by Crippen LogP contribution is 2.38. The zero-order valence-corrected chi connectivity index (χ0v) is 17.5. The maximum Gasteiger partial charge on any atom is 0.341 e. The van der Waals surface area contributed by atoms with Gasteiger partial charge < -0.3 is 4.74 Å². The molecule has 0 saturated heterocycles. The maximum absolute atomic E-state index is 12.4. The molecule has 7 nitrogen and oxygen atoms in total. The Bertz CT molecular complexity index is 1020. The molecule has 3 rings (SSSR count). The molecule has 1 heterocycles. The molecule has 0 bridgehead atoms. The monoisotopic (exact) mass is 442 g/mol. The average Bonchev–Trinajstić information content (AvgIpc) is 2.99. The molecule has 1 aliphatic carbocycles. The van der Waals surface area contributed by atoms with Crippen molar-refractivity contribution in [1.82, 2.24) is 4.72 Å². The van der Waals surface area contributed by atoms with E-state index in [0.29, 0.717) is 5.56 Å². The fraction of sp³-hybridized carbons (Fsp3) is 0.333. The van der Waals surface area contributed by atoms with E-state index in [2.05, 4.69) is 5.32 Å². The number of hydrogen-bond acceptors (Lipinski definition) is 6. The number of carbonyl (C=O) groups is 2. The number of fused-ring (bicyclic) bond motifs is 1. The first kappa shape index (κ1) is 20.6. The number of rotatable bonds is 5. The number of carbonyl (C=O) groups excluding carboxylic acids is 2. The van der Waals surface area contributed by atoms with Crippen LogP contribution in [0.1, 0.15) is 40.6 Å². The van der Waals surface area contributed by atoms with E-state index in [1.54, 1.807) is 13.0 Å². The summed E-state index contributed by atoms with van der Waals surface area (Å²) in [6, 6.07) is 4.84. The molecule has 0 unspecified atom stereocenters. The standard InChI is InChI=1S/C18H19ClN2O5S2/c1-2-26-17(22)15-11-7-3-5-9-13(11)27-16(15)20-18(23)21-28(24,25)14-10-6-4-8-12(14)19/h4,6,8,10H,2-3,5,7,9H2,1H3,(H2,20,21,23). The number of urea groups is 1. The number of benzene rings is 1. The second-order valence-electron chi connectivity index (χ2n) is 6.13. The van der Waals surface area contributed by atoms with Crippen LogP contribution in [0.2, 0.25) is 5.02 Å². The molecule has 1 aromatic heterocycles. The van der Waals surface area contributed by atoms with Crippen LogP contribution in [0, 0.1) is 0 Å². The third-order valence-corrected chi connectivity index (χ3v) is 7.27. The molecule has 2 aromatic rings. The van der Waals surface area contributed by atoms with E-state index in [1.807, 2.05) is 4.72 Å². The molecule has 0 spiro atoms. The average molecular weight is 443 g/mol. The normalized spacial score (nSPS) is 13.5. The van der Waals surface area contributed by atoms with Crippen molar-refractivity contribution in [3.8, 4) is 0 Å². The Balaban J connectivity index is 1.85. The van der Waals surface area contributed by atoms with Crippen molar-refractivity contribution < 1.29 is 22.7 Å². The lowest BCUT2D eigenvalue weighted by molar-refractivity contribution is 0.0526. The lowest BCUT2D eigenvalue weighted by atomic mass is 9.95. The molecular formula is C18H19ClN2O5S2. The highest BCUT2D eigenvalue weighted by molar-refractivity contribution is 7.90. The third kappa shape index (κ3) is 4.31. The molecule has 1 aromatic carbocycles. The molecule has 28 heavy (non-hydrogen) atoms. The van der Waals surface area contributed by atoms with E-state index < -0.39 is 22.0 Å². The first-order valence-corrected chi connectivity index (χ1v) is 11.4. The second kappa shape index (κ2) is 8.50. The number of aryl methyl sites for hydroxylation is 1. The van der Waals surface area contributed by atoms with Crippen LogP contribution >= 0.6 is 22.9 Å². The lowest BCUT2D eigenvalue weighted by Crippen LogP contribution is -2.34. The minimum atomic E-state index is -4.16. The van der Waals surface area contributed by atoms with E-state index in [4.69, 9.17) is 16.3 Å². The van der Waals surface area contributed by atoms with Crippen molar-refractivity contribution in [2.75, 3.05) is 11.9 Å². The topological polar surface area (TPSA) is 102 Å². The Kier molecular flexibility index (Phi) is 6.26. The van der Waals surface area contributed by atoms with Gasteiger partial charge in [0.05, 0.1) is 17.2 Å². The number of anilines is 1. The van der Waals surface area contributed by atoms with Gasteiger partial charge in [-0.2, -0.15) is 0 Å². The molecule has 1 aliphatic rings. The largest absolute Gasteiger partial charge is 0.462 e. The van der Waals surface area contributed by atoms with Gasteiger partial charge in [0.15, 0.2) is 0 Å². The van der Waals surface area contributed by atoms with Gasteiger partial charge in [-0.25, -0.2) is 22.7 Å². The summed E-state index contributed by atoms with van der Waals surface area (Å²) in [6.07, 6.45) is 3.49. The summed E-state index contributed by atoms with van der Waals surface area (Å²) in [7, 11) is -4.16. The quantitative estimate of drug-likeness (QED) is 0.682. The summed E-state index contributed by atoms with van der Waals surface area (Å²) in [6.45, 7) is 1.91. The van der Waals surface area contributed by atoms with Crippen molar-refractivity contribution >= 4 is 50.0 Å². The second-order valence-corrected chi connectivity index (χ2v) is 9.29. The molecule has 2 N–H and O–H groups in total. The van der Waals surface area contributed by atoms with Crippen LogP contribution in [0.3, 0.4) is 0 Å². The van der Waals surface area contributed by atoms with Gasteiger partial charge >= 0.3 is 12.0 Å². The van der Waals surface area contributed by atoms with Crippen LogP contribution in [0.5, 0.6) is 0 Å². The first-order chi connectivity index (χ1) is 13.3. The highest BCUT2D eigenvalue weighted by Gasteiger charge is 2.28. The van der Waals surface area contributed by atoms with Gasteiger partial charge in [-0.15, -0.1) is 11.3 Å². The Hall–Kier alpha value is -2.10. The highest BCUT2D eigenvalue weighted by atomic mass is 35.5.